The second-order valence-electron chi connectivity index (χ2n) is 6.86. The summed E-state index contributed by atoms with van der Waals surface area (Å²) in [7, 11) is 0. The van der Waals surface area contributed by atoms with Crippen LogP contribution in [0, 0.1) is 12.7 Å². The number of aliphatic hydroxyl groups excluding tert-OH is 1. The number of nitrogens with one attached hydrogen (secondary N) is 1. The number of rotatable bonds is 4. The highest BCUT2D eigenvalue weighted by atomic mass is 19.1. The molecule has 4 rings (SSSR count). The van der Waals surface area contributed by atoms with E-state index in [0.717, 1.165) is 5.56 Å². The summed E-state index contributed by atoms with van der Waals surface area (Å²) in [6.45, 7) is 2.78. The number of hydrogen-bond acceptors (Lipinski definition) is 4. The van der Waals surface area contributed by atoms with Gasteiger partial charge in [0, 0.05) is 17.2 Å². The molecule has 0 fully saturated rings. The van der Waals surface area contributed by atoms with Crippen molar-refractivity contribution in [2.24, 2.45) is 0 Å². The Hall–Kier alpha value is -3.38. The highest BCUT2D eigenvalue weighted by Gasteiger charge is 2.22. The molecule has 1 amide bonds. The second kappa shape index (κ2) is 7.93. The van der Waals surface area contributed by atoms with Gasteiger partial charge in [0.05, 0.1) is 5.69 Å². The summed E-state index contributed by atoms with van der Waals surface area (Å²) in [4.78, 5) is 12.7. The van der Waals surface area contributed by atoms with Gasteiger partial charge in [-0.1, -0.05) is 29.8 Å². The lowest BCUT2D eigenvalue weighted by Gasteiger charge is -2.23. The molecule has 2 N–H and O–H groups in total. The van der Waals surface area contributed by atoms with Crippen LogP contribution in [0.5, 0.6) is 11.5 Å². The fraction of sp³-hybridized carbons (Fsp3) is 0.174. The van der Waals surface area contributed by atoms with Crippen LogP contribution in [0.3, 0.4) is 0 Å². The number of carbonyl (C=O) groups excluding carboxylic acids is 1. The predicted octanol–water partition coefficient (Wildman–Crippen LogP) is 4.24. The maximum absolute atomic E-state index is 13.2. The van der Waals surface area contributed by atoms with Gasteiger partial charge < -0.3 is 19.9 Å². The van der Waals surface area contributed by atoms with Gasteiger partial charge in [-0.2, -0.15) is 0 Å². The van der Waals surface area contributed by atoms with Gasteiger partial charge in [-0.3, -0.25) is 4.79 Å². The number of hydrogen-bond donors (Lipinski definition) is 2. The minimum Gasteiger partial charge on any atom is -0.486 e. The van der Waals surface area contributed by atoms with E-state index in [-0.39, 0.29) is 0 Å². The molecule has 5 nitrogen and oxygen atoms in total. The number of fused-ring (bicyclic) bond motifs is 1. The summed E-state index contributed by atoms with van der Waals surface area (Å²) < 4.78 is 24.4. The largest absolute Gasteiger partial charge is 0.486 e. The third kappa shape index (κ3) is 4.07. The van der Waals surface area contributed by atoms with Crippen molar-refractivity contribution in [3.63, 3.8) is 0 Å². The molecule has 6 heteroatoms. The van der Waals surface area contributed by atoms with Crippen LogP contribution in [-0.4, -0.2) is 24.2 Å². The lowest BCUT2D eigenvalue weighted by atomic mass is 9.98. The Morgan fingerprint density at radius 3 is 2.28 bits per heavy atom. The van der Waals surface area contributed by atoms with Crippen molar-refractivity contribution in [1.82, 2.24) is 0 Å². The van der Waals surface area contributed by atoms with E-state index in [2.05, 4.69) is 5.32 Å². The number of carbonyl (C=O) groups is 1. The van der Waals surface area contributed by atoms with Gasteiger partial charge in [0.15, 0.2) is 11.5 Å². The molecule has 3 aromatic rings. The molecule has 0 bridgehead atoms. The third-order valence-corrected chi connectivity index (χ3v) is 4.76. The maximum Gasteiger partial charge on any atom is 0.255 e. The summed E-state index contributed by atoms with van der Waals surface area (Å²) in [6.07, 6.45) is -0.977. The van der Waals surface area contributed by atoms with Gasteiger partial charge in [0.1, 0.15) is 25.1 Å². The smallest absolute Gasteiger partial charge is 0.255 e. The molecule has 0 aliphatic carbocycles. The van der Waals surface area contributed by atoms with Crippen molar-refractivity contribution in [2.45, 2.75) is 13.0 Å². The molecule has 3 aromatic carbocycles. The number of amides is 1. The summed E-state index contributed by atoms with van der Waals surface area (Å²) in [5.74, 6) is 0.165. The molecule has 1 aliphatic heterocycles. The first-order valence-electron chi connectivity index (χ1n) is 9.26. The van der Waals surface area contributed by atoms with Crippen LogP contribution in [0.25, 0.3) is 0 Å². The average molecular weight is 393 g/mol. The third-order valence-electron chi connectivity index (χ3n) is 4.76. The first-order valence-corrected chi connectivity index (χ1v) is 9.26. The SMILES string of the molecule is Cc1ccc([C@@H](O)c2cc3c(cc2NC(=O)c2ccc(F)cc2)OCCO3)cc1. The van der Waals surface area contributed by atoms with Gasteiger partial charge >= 0.3 is 0 Å². The Morgan fingerprint density at radius 1 is 1.00 bits per heavy atom. The molecule has 0 spiro atoms. The molecule has 29 heavy (non-hydrogen) atoms. The van der Waals surface area contributed by atoms with Gasteiger partial charge in [-0.15, -0.1) is 0 Å². The molecule has 0 unspecified atom stereocenters. The molecule has 148 valence electrons. The van der Waals surface area contributed by atoms with Crippen LogP contribution in [0.15, 0.2) is 60.7 Å². The molecule has 0 saturated heterocycles. The monoisotopic (exact) mass is 393 g/mol. The fourth-order valence-electron chi connectivity index (χ4n) is 3.16. The quantitative estimate of drug-likeness (QED) is 0.696. The molecule has 0 saturated carbocycles. The zero-order valence-electron chi connectivity index (χ0n) is 15.8. The minimum absolute atomic E-state index is 0.303. The number of aryl methyl sites for hydroxylation is 1. The molecule has 0 aromatic heterocycles. The van der Waals surface area contributed by atoms with E-state index in [1.54, 1.807) is 12.1 Å². The second-order valence-corrected chi connectivity index (χ2v) is 6.86. The van der Waals surface area contributed by atoms with E-state index >= 15 is 0 Å². The summed E-state index contributed by atoms with van der Waals surface area (Å²) in [6, 6.07) is 16.1. The number of anilines is 1. The summed E-state index contributed by atoms with van der Waals surface area (Å²) in [5, 5.41) is 13.8. The van der Waals surface area contributed by atoms with Gasteiger partial charge in [0.2, 0.25) is 0 Å². The Morgan fingerprint density at radius 2 is 1.62 bits per heavy atom. The van der Waals surface area contributed by atoms with Crippen LogP contribution in [-0.2, 0) is 0 Å². The Balaban J connectivity index is 1.71. The first-order chi connectivity index (χ1) is 14.0. The standard InChI is InChI=1S/C23H20FNO4/c1-14-2-4-15(5-3-14)22(26)18-12-20-21(29-11-10-28-20)13-19(18)25-23(27)16-6-8-17(24)9-7-16/h2-9,12-13,22,26H,10-11H2,1H3,(H,25,27)/t22-/m1/s1. The van der Waals surface area contributed by atoms with E-state index in [0.29, 0.717) is 47.1 Å². The molecule has 1 aliphatic rings. The van der Waals surface area contributed by atoms with Gasteiger partial charge in [0.25, 0.3) is 5.91 Å². The highest BCUT2D eigenvalue weighted by Crippen LogP contribution is 2.40. The molecule has 1 atom stereocenters. The number of benzene rings is 3. The minimum atomic E-state index is -0.977. The Bertz CT molecular complexity index is 1030. The van der Waals surface area contributed by atoms with Crippen molar-refractivity contribution in [2.75, 3.05) is 18.5 Å². The highest BCUT2D eigenvalue weighted by molar-refractivity contribution is 6.04. The van der Waals surface area contributed by atoms with Crippen LogP contribution in [0.1, 0.15) is 33.2 Å². The van der Waals surface area contributed by atoms with E-state index in [4.69, 9.17) is 9.47 Å². The molecular weight excluding hydrogens is 373 g/mol. The van der Waals surface area contributed by atoms with Crippen molar-refractivity contribution >= 4 is 11.6 Å². The van der Waals surface area contributed by atoms with Crippen LogP contribution < -0.4 is 14.8 Å². The van der Waals surface area contributed by atoms with Crippen molar-refractivity contribution in [3.8, 4) is 11.5 Å². The van der Waals surface area contributed by atoms with Crippen molar-refractivity contribution in [1.29, 1.82) is 0 Å². The first kappa shape index (κ1) is 19.0. The summed E-state index contributed by atoms with van der Waals surface area (Å²) in [5.41, 5.74) is 2.94. The average Bonchev–Trinajstić information content (AvgIpc) is 2.73. The van der Waals surface area contributed by atoms with E-state index < -0.39 is 17.8 Å². The van der Waals surface area contributed by atoms with Crippen molar-refractivity contribution in [3.05, 3.63) is 88.7 Å². The number of ether oxygens (including phenoxy) is 2. The molecular formula is C23H20FNO4. The van der Waals surface area contributed by atoms with Crippen LogP contribution in [0.4, 0.5) is 10.1 Å². The van der Waals surface area contributed by atoms with Crippen LogP contribution >= 0.6 is 0 Å². The van der Waals surface area contributed by atoms with E-state index in [1.165, 1.54) is 24.3 Å². The molecule has 1 heterocycles. The molecule has 0 radical (unpaired) electrons. The van der Waals surface area contributed by atoms with Gasteiger partial charge in [-0.25, -0.2) is 4.39 Å². The maximum atomic E-state index is 13.2. The van der Waals surface area contributed by atoms with Crippen LogP contribution in [0.2, 0.25) is 0 Å². The Kier molecular flexibility index (Phi) is 5.18. The lowest BCUT2D eigenvalue weighted by Crippen LogP contribution is -2.18. The fourth-order valence-corrected chi connectivity index (χ4v) is 3.16. The van der Waals surface area contributed by atoms with Crippen molar-refractivity contribution < 1.29 is 23.8 Å². The van der Waals surface area contributed by atoms with E-state index in [1.807, 2.05) is 31.2 Å². The zero-order chi connectivity index (χ0) is 20.4. The van der Waals surface area contributed by atoms with E-state index in [9.17, 15) is 14.3 Å². The predicted molar refractivity (Wildman–Crippen MR) is 107 cm³/mol. The normalized spacial score (nSPS) is 13.6. The number of halogens is 1. The lowest BCUT2D eigenvalue weighted by molar-refractivity contribution is 0.102. The number of aliphatic hydroxyl groups is 1. The summed E-state index contributed by atoms with van der Waals surface area (Å²) >= 11 is 0. The van der Waals surface area contributed by atoms with Gasteiger partial charge in [-0.05, 0) is 42.8 Å². The zero-order valence-corrected chi connectivity index (χ0v) is 15.8. The topological polar surface area (TPSA) is 67.8 Å². The Labute approximate surface area is 167 Å².